The van der Waals surface area contributed by atoms with E-state index in [1.165, 1.54) is 19.3 Å². The molecule has 2 aromatic carbocycles. The average Bonchev–Trinajstić information content (AvgIpc) is 3.04. The molecule has 0 spiro atoms. The number of amides is 3. The van der Waals surface area contributed by atoms with Crippen LogP contribution < -0.4 is 5.32 Å². The first-order chi connectivity index (χ1) is 21.1. The Labute approximate surface area is 268 Å². The molecule has 3 atom stereocenters. The Balaban J connectivity index is 1.27. The summed E-state index contributed by atoms with van der Waals surface area (Å²) in [5.74, 6) is 0.308. The van der Waals surface area contributed by atoms with Crippen molar-refractivity contribution in [2.24, 2.45) is 5.92 Å². The third-order valence-electron chi connectivity index (χ3n) is 10.3. The number of urea groups is 1. The van der Waals surface area contributed by atoms with E-state index in [-0.39, 0.29) is 42.0 Å². The predicted octanol–water partition coefficient (Wildman–Crippen LogP) is 6.22. The van der Waals surface area contributed by atoms with E-state index < -0.39 is 5.60 Å². The van der Waals surface area contributed by atoms with E-state index in [1.807, 2.05) is 73.6 Å². The van der Waals surface area contributed by atoms with Gasteiger partial charge >= 0.3 is 6.03 Å². The number of nitrogens with zero attached hydrogens (tertiary/aromatic N) is 3. The fourth-order valence-corrected chi connectivity index (χ4v) is 7.91. The zero-order valence-electron chi connectivity index (χ0n) is 26.8. The Morgan fingerprint density at radius 1 is 0.977 bits per heavy atom. The molecule has 0 unspecified atom stereocenters. The summed E-state index contributed by atoms with van der Waals surface area (Å²) in [7, 11) is 3.70. The molecular formula is C36H51ClN4O3. The SMILES string of the molecule is C[C@@H]1CN(C(=O)[C@@H](Cc2ccc(Cl)cc2)NC2CCC(O)(c3ccccc3)CC2)CC[C@H]1N(C(=O)N(C)C)C1CCCCC1. The van der Waals surface area contributed by atoms with Gasteiger partial charge in [-0.15, -0.1) is 0 Å². The van der Waals surface area contributed by atoms with Gasteiger partial charge in [-0.2, -0.15) is 0 Å². The van der Waals surface area contributed by atoms with Gasteiger partial charge in [0.2, 0.25) is 5.91 Å². The maximum absolute atomic E-state index is 14.3. The maximum Gasteiger partial charge on any atom is 0.319 e. The molecule has 7 nitrogen and oxygen atoms in total. The Bertz CT molecular complexity index is 1230. The second-order valence-corrected chi connectivity index (χ2v) is 14.2. The van der Waals surface area contributed by atoms with Gasteiger partial charge < -0.3 is 25.1 Å². The number of nitrogens with one attached hydrogen (secondary N) is 1. The molecule has 2 aliphatic carbocycles. The molecule has 2 saturated carbocycles. The standard InChI is InChI=1S/C36H51ClN4O3/c1-26-25-40(23-20-33(26)41(35(43)39(2)3)31-12-8-5-9-13-31)34(42)32(24-27-14-16-29(37)17-15-27)38-30-18-21-36(44,22-19-30)28-10-6-4-7-11-28/h4,6-7,10-11,14-17,26,30-33,38,44H,5,8-9,12-13,18-25H2,1-3H3/t26-,30?,32-,33-,36?/m1/s1. The molecule has 0 bridgehead atoms. The van der Waals surface area contributed by atoms with Gasteiger partial charge in [0.1, 0.15) is 0 Å². The quantitative estimate of drug-likeness (QED) is 0.366. The molecule has 3 amide bonds. The van der Waals surface area contributed by atoms with Crippen LogP contribution in [-0.4, -0.2) is 83.1 Å². The number of piperidine rings is 1. The molecule has 1 aliphatic heterocycles. The first-order valence-corrected chi connectivity index (χ1v) is 17.1. The van der Waals surface area contributed by atoms with E-state index in [1.54, 1.807) is 4.90 Å². The molecular weight excluding hydrogens is 572 g/mol. The van der Waals surface area contributed by atoms with E-state index >= 15 is 0 Å². The van der Waals surface area contributed by atoms with Crippen LogP contribution in [0.25, 0.3) is 0 Å². The number of likely N-dealkylation sites (tertiary alicyclic amines) is 1. The number of benzene rings is 2. The monoisotopic (exact) mass is 622 g/mol. The first kappa shape index (κ1) is 32.8. The first-order valence-electron chi connectivity index (χ1n) is 16.7. The molecule has 5 rings (SSSR count). The molecule has 2 N–H and O–H groups in total. The number of carbonyl (C=O) groups excluding carboxylic acids is 2. The average molecular weight is 623 g/mol. The van der Waals surface area contributed by atoms with Crippen LogP contribution in [0.5, 0.6) is 0 Å². The van der Waals surface area contributed by atoms with E-state index in [2.05, 4.69) is 17.1 Å². The summed E-state index contributed by atoms with van der Waals surface area (Å²) in [6.45, 7) is 3.50. The molecule has 2 aromatic rings. The van der Waals surface area contributed by atoms with E-state index in [9.17, 15) is 14.7 Å². The zero-order valence-corrected chi connectivity index (χ0v) is 27.5. The van der Waals surface area contributed by atoms with Gasteiger partial charge in [0.25, 0.3) is 0 Å². The lowest BCUT2D eigenvalue weighted by Crippen LogP contribution is -2.60. The van der Waals surface area contributed by atoms with E-state index in [4.69, 9.17) is 11.6 Å². The highest BCUT2D eigenvalue weighted by Gasteiger charge is 2.41. The van der Waals surface area contributed by atoms with Crippen LogP contribution in [0, 0.1) is 5.92 Å². The summed E-state index contributed by atoms with van der Waals surface area (Å²) in [5, 5.41) is 15.8. The zero-order chi connectivity index (χ0) is 31.3. The smallest absolute Gasteiger partial charge is 0.319 e. The number of halogens is 1. The Morgan fingerprint density at radius 3 is 2.25 bits per heavy atom. The number of carbonyl (C=O) groups is 2. The lowest BCUT2D eigenvalue weighted by Gasteiger charge is -2.48. The van der Waals surface area contributed by atoms with Crippen molar-refractivity contribution < 1.29 is 14.7 Å². The summed E-state index contributed by atoms with van der Waals surface area (Å²) < 4.78 is 0. The molecule has 8 heteroatoms. The lowest BCUT2D eigenvalue weighted by atomic mass is 9.77. The second-order valence-electron chi connectivity index (χ2n) is 13.7. The van der Waals surface area contributed by atoms with Crippen molar-refractivity contribution in [2.45, 2.75) is 107 Å². The molecule has 3 fully saturated rings. The van der Waals surface area contributed by atoms with Crippen molar-refractivity contribution in [2.75, 3.05) is 27.2 Å². The van der Waals surface area contributed by atoms with Crippen LogP contribution in [0.1, 0.15) is 82.3 Å². The van der Waals surface area contributed by atoms with Gasteiger partial charge in [-0.3, -0.25) is 4.79 Å². The van der Waals surface area contributed by atoms with Crippen LogP contribution in [-0.2, 0) is 16.8 Å². The number of rotatable bonds is 8. The number of aliphatic hydroxyl groups is 1. The topological polar surface area (TPSA) is 76.1 Å². The van der Waals surface area contributed by atoms with Crippen molar-refractivity contribution in [3.05, 3.63) is 70.7 Å². The predicted molar refractivity (Wildman–Crippen MR) is 177 cm³/mol. The third-order valence-corrected chi connectivity index (χ3v) is 10.6. The van der Waals surface area contributed by atoms with Gasteiger partial charge in [-0.1, -0.05) is 80.3 Å². The Hall–Kier alpha value is -2.61. The van der Waals surface area contributed by atoms with E-state index in [0.29, 0.717) is 37.4 Å². The number of hydrogen-bond donors (Lipinski definition) is 2. The van der Waals surface area contributed by atoms with Crippen LogP contribution >= 0.6 is 11.6 Å². The molecule has 0 aromatic heterocycles. The molecule has 44 heavy (non-hydrogen) atoms. The van der Waals surface area contributed by atoms with Crippen LogP contribution in [0.15, 0.2) is 54.6 Å². The second kappa shape index (κ2) is 14.7. The summed E-state index contributed by atoms with van der Waals surface area (Å²) in [6, 6.07) is 18.0. The van der Waals surface area contributed by atoms with Crippen LogP contribution in [0.4, 0.5) is 4.79 Å². The highest BCUT2D eigenvalue weighted by atomic mass is 35.5. The minimum absolute atomic E-state index is 0.101. The molecule has 1 saturated heterocycles. The fraction of sp³-hybridized carbons (Fsp3) is 0.611. The Morgan fingerprint density at radius 2 is 1.64 bits per heavy atom. The minimum Gasteiger partial charge on any atom is -0.385 e. The summed E-state index contributed by atoms with van der Waals surface area (Å²) in [4.78, 5) is 33.6. The molecule has 0 radical (unpaired) electrons. The van der Waals surface area contributed by atoms with Crippen LogP contribution in [0.3, 0.4) is 0 Å². The van der Waals surface area contributed by atoms with Crippen molar-refractivity contribution in [1.29, 1.82) is 0 Å². The summed E-state index contributed by atoms with van der Waals surface area (Å²) >= 11 is 6.17. The molecule has 1 heterocycles. The normalized spacial score (nSPS) is 27.0. The van der Waals surface area contributed by atoms with Crippen molar-refractivity contribution in [1.82, 2.24) is 20.0 Å². The third kappa shape index (κ3) is 7.78. The van der Waals surface area contributed by atoms with Crippen molar-refractivity contribution in [3.63, 3.8) is 0 Å². The van der Waals surface area contributed by atoms with Crippen LogP contribution in [0.2, 0.25) is 5.02 Å². The summed E-state index contributed by atoms with van der Waals surface area (Å²) in [6.07, 6.45) is 10.0. The minimum atomic E-state index is -0.819. The van der Waals surface area contributed by atoms with Crippen molar-refractivity contribution >= 4 is 23.5 Å². The highest BCUT2D eigenvalue weighted by molar-refractivity contribution is 6.30. The molecule has 240 valence electrons. The highest BCUT2D eigenvalue weighted by Crippen LogP contribution is 2.37. The van der Waals surface area contributed by atoms with Gasteiger partial charge in [0, 0.05) is 50.3 Å². The van der Waals surface area contributed by atoms with E-state index in [0.717, 1.165) is 43.2 Å². The van der Waals surface area contributed by atoms with Crippen molar-refractivity contribution in [3.8, 4) is 0 Å². The number of hydrogen-bond acceptors (Lipinski definition) is 4. The Kier molecular flexibility index (Phi) is 10.9. The van der Waals surface area contributed by atoms with Gasteiger partial charge in [-0.05, 0) is 80.5 Å². The lowest BCUT2D eigenvalue weighted by molar-refractivity contribution is -0.136. The molecule has 3 aliphatic rings. The van der Waals surface area contributed by atoms with Gasteiger partial charge in [0.15, 0.2) is 0 Å². The van der Waals surface area contributed by atoms with Gasteiger partial charge in [-0.25, -0.2) is 4.79 Å². The fourth-order valence-electron chi connectivity index (χ4n) is 7.78. The maximum atomic E-state index is 14.3. The largest absolute Gasteiger partial charge is 0.385 e. The summed E-state index contributed by atoms with van der Waals surface area (Å²) in [5.41, 5.74) is 1.22. The van der Waals surface area contributed by atoms with Gasteiger partial charge in [0.05, 0.1) is 11.6 Å².